The predicted octanol–water partition coefficient (Wildman–Crippen LogP) is 1.81. The van der Waals surface area contributed by atoms with Crippen LogP contribution in [0.3, 0.4) is 0 Å². The molecule has 190 valence electrons. The van der Waals surface area contributed by atoms with Gasteiger partial charge in [-0.15, -0.1) is 0 Å². The van der Waals surface area contributed by atoms with Crippen LogP contribution in [-0.2, 0) is 30.3 Å². The van der Waals surface area contributed by atoms with Crippen molar-refractivity contribution in [1.82, 2.24) is 9.80 Å². The quantitative estimate of drug-likeness (QED) is 0.477. The summed E-state index contributed by atoms with van der Waals surface area (Å²) in [5.74, 6) is -5.08. The second kappa shape index (κ2) is 9.88. The first-order valence-corrected chi connectivity index (χ1v) is 11.8. The molecule has 2 amide bonds. The van der Waals surface area contributed by atoms with E-state index >= 15 is 0 Å². The number of carboxylic acids is 1. The number of esters is 1. The smallest absolute Gasteiger partial charge is 0.475 e. The van der Waals surface area contributed by atoms with Crippen molar-refractivity contribution in [1.29, 1.82) is 0 Å². The lowest BCUT2D eigenvalue weighted by Crippen LogP contribution is -2.61. The Balaban J connectivity index is 0.000000429. The van der Waals surface area contributed by atoms with Gasteiger partial charge in [-0.3, -0.25) is 19.5 Å². The highest BCUT2D eigenvalue weighted by Crippen LogP contribution is 2.53. The Morgan fingerprint density at radius 3 is 2.31 bits per heavy atom. The molecule has 4 atom stereocenters. The zero-order chi connectivity index (χ0) is 26.1. The number of thioether (sulfide) groups is 1. The van der Waals surface area contributed by atoms with Crippen LogP contribution in [0, 0.1) is 11.8 Å². The molecule has 2 saturated heterocycles. The largest absolute Gasteiger partial charge is 0.490 e. The van der Waals surface area contributed by atoms with E-state index in [2.05, 4.69) is 4.99 Å². The third-order valence-electron chi connectivity index (χ3n) is 6.35. The average molecular weight is 516 g/mol. The Morgan fingerprint density at radius 2 is 1.83 bits per heavy atom. The molecule has 2 fully saturated rings. The van der Waals surface area contributed by atoms with Crippen molar-refractivity contribution in [2.75, 3.05) is 26.5 Å². The van der Waals surface area contributed by atoms with Crippen LogP contribution >= 0.6 is 11.8 Å². The third-order valence-corrected chi connectivity index (χ3v) is 7.04. The van der Waals surface area contributed by atoms with Crippen molar-refractivity contribution in [2.45, 2.75) is 31.1 Å². The summed E-state index contributed by atoms with van der Waals surface area (Å²) in [7, 11) is 1.34. The summed E-state index contributed by atoms with van der Waals surface area (Å²) in [5.41, 5.74) is -0.365. The second-order valence-electron chi connectivity index (χ2n) is 8.07. The molecule has 0 aliphatic carbocycles. The number of aliphatic imine (C=N–C) groups is 1. The summed E-state index contributed by atoms with van der Waals surface area (Å²) in [5, 5.41) is 7.81. The van der Waals surface area contributed by atoms with Gasteiger partial charge in [-0.2, -0.15) is 13.2 Å². The Hall–Kier alpha value is -3.09. The van der Waals surface area contributed by atoms with Crippen molar-refractivity contribution in [3.8, 4) is 0 Å². The summed E-state index contributed by atoms with van der Waals surface area (Å²) in [6.07, 6.45) is -2.91. The van der Waals surface area contributed by atoms with E-state index in [0.717, 1.165) is 5.56 Å². The first-order chi connectivity index (χ1) is 16.4. The maximum atomic E-state index is 13.3. The van der Waals surface area contributed by atoms with Crippen LogP contribution in [0.2, 0.25) is 0 Å². The van der Waals surface area contributed by atoms with Gasteiger partial charge in [0, 0.05) is 13.0 Å². The zero-order valence-electron chi connectivity index (χ0n) is 19.1. The Bertz CT molecular complexity index is 1050. The Kier molecular flexibility index (Phi) is 7.48. The fraction of sp³-hybridized carbons (Fsp3) is 0.500. The SMILES string of the molecule is CCN1C(=O)[C@H]2[C@H]3CN=C(SC)N3[C@@](Cc3ccccc3)(C(=O)OC)[C@H]2C1=O.O=C(O)C(F)(F)F. The number of ether oxygens (including phenoxy) is 1. The van der Waals surface area contributed by atoms with Gasteiger partial charge in [-0.25, -0.2) is 9.59 Å². The van der Waals surface area contributed by atoms with Crippen LogP contribution in [0.15, 0.2) is 35.3 Å². The minimum atomic E-state index is -5.08. The first-order valence-electron chi connectivity index (χ1n) is 10.6. The number of nitrogens with zero attached hydrogens (tertiary/aromatic N) is 3. The Labute approximate surface area is 203 Å². The monoisotopic (exact) mass is 515 g/mol. The lowest BCUT2D eigenvalue weighted by Gasteiger charge is -2.40. The maximum absolute atomic E-state index is 13.3. The van der Waals surface area contributed by atoms with Gasteiger partial charge in [0.2, 0.25) is 11.8 Å². The van der Waals surface area contributed by atoms with E-state index in [9.17, 15) is 27.6 Å². The van der Waals surface area contributed by atoms with E-state index in [1.54, 1.807) is 6.92 Å². The Morgan fingerprint density at radius 1 is 1.23 bits per heavy atom. The van der Waals surface area contributed by atoms with Crippen molar-refractivity contribution in [2.24, 2.45) is 16.8 Å². The lowest BCUT2D eigenvalue weighted by molar-refractivity contribution is -0.192. The molecule has 0 aromatic heterocycles. The molecule has 3 aliphatic rings. The van der Waals surface area contributed by atoms with E-state index < -0.39 is 35.5 Å². The van der Waals surface area contributed by atoms with Gasteiger partial charge in [-0.05, 0) is 18.7 Å². The number of amidine groups is 1. The van der Waals surface area contributed by atoms with Gasteiger partial charge in [0.25, 0.3) is 0 Å². The second-order valence-corrected chi connectivity index (χ2v) is 8.84. The minimum absolute atomic E-state index is 0.205. The number of methoxy groups -OCH3 is 1. The fourth-order valence-electron chi connectivity index (χ4n) is 5.05. The number of fused-ring (bicyclic) bond motifs is 3. The van der Waals surface area contributed by atoms with Gasteiger partial charge in [0.1, 0.15) is 0 Å². The molecule has 0 unspecified atom stereocenters. The van der Waals surface area contributed by atoms with E-state index in [-0.39, 0.29) is 24.3 Å². The number of carbonyl (C=O) groups excluding carboxylic acids is 3. The van der Waals surface area contributed by atoms with Crippen LogP contribution in [0.25, 0.3) is 0 Å². The number of hydrogen-bond donors (Lipinski definition) is 1. The zero-order valence-corrected chi connectivity index (χ0v) is 19.9. The number of hydrogen-bond acceptors (Lipinski definition) is 8. The lowest BCUT2D eigenvalue weighted by atomic mass is 9.76. The van der Waals surface area contributed by atoms with Gasteiger partial charge < -0.3 is 14.7 Å². The van der Waals surface area contributed by atoms with Gasteiger partial charge >= 0.3 is 18.1 Å². The minimum Gasteiger partial charge on any atom is -0.475 e. The predicted molar refractivity (Wildman–Crippen MR) is 119 cm³/mol. The fourth-order valence-corrected chi connectivity index (χ4v) is 5.75. The molecule has 0 spiro atoms. The molecule has 0 saturated carbocycles. The summed E-state index contributed by atoms with van der Waals surface area (Å²) in [6.45, 7) is 2.49. The topological polar surface area (TPSA) is 117 Å². The molecule has 1 aromatic carbocycles. The number of halogens is 3. The number of alkyl halides is 3. The molecule has 35 heavy (non-hydrogen) atoms. The van der Waals surface area contributed by atoms with E-state index in [1.165, 1.54) is 23.8 Å². The van der Waals surface area contributed by atoms with Crippen LogP contribution in [-0.4, -0.2) is 88.0 Å². The number of amides is 2. The number of carbonyl (C=O) groups is 4. The highest BCUT2D eigenvalue weighted by atomic mass is 32.2. The van der Waals surface area contributed by atoms with Gasteiger partial charge in [0.05, 0.1) is 31.5 Å². The van der Waals surface area contributed by atoms with Crippen LogP contribution in [0.1, 0.15) is 12.5 Å². The first kappa shape index (κ1) is 26.5. The maximum Gasteiger partial charge on any atom is 0.490 e. The number of carboxylic acid groups (broad SMARTS) is 1. The summed E-state index contributed by atoms with van der Waals surface area (Å²) >= 11 is 1.43. The van der Waals surface area contributed by atoms with Crippen LogP contribution < -0.4 is 0 Å². The summed E-state index contributed by atoms with van der Waals surface area (Å²) in [6, 6.07) is 9.26. The molecule has 0 bridgehead atoms. The molecule has 1 N–H and O–H groups in total. The number of likely N-dealkylation sites (tertiary alicyclic amines) is 1. The van der Waals surface area contributed by atoms with Crippen molar-refractivity contribution in [3.05, 3.63) is 35.9 Å². The van der Waals surface area contributed by atoms with Crippen molar-refractivity contribution < 1.29 is 42.2 Å². The highest BCUT2D eigenvalue weighted by Gasteiger charge is 2.73. The molecule has 0 radical (unpaired) electrons. The van der Waals surface area contributed by atoms with Crippen molar-refractivity contribution in [3.63, 3.8) is 0 Å². The number of rotatable bonds is 4. The number of benzene rings is 1. The molecule has 4 rings (SSSR count). The van der Waals surface area contributed by atoms with Crippen LogP contribution in [0.4, 0.5) is 13.2 Å². The average Bonchev–Trinajstić information content (AvgIpc) is 3.44. The van der Waals surface area contributed by atoms with Crippen molar-refractivity contribution >= 4 is 40.7 Å². The van der Waals surface area contributed by atoms with Gasteiger partial charge in [0.15, 0.2) is 10.7 Å². The molecule has 13 heteroatoms. The third kappa shape index (κ3) is 4.37. The highest BCUT2D eigenvalue weighted by molar-refractivity contribution is 8.13. The summed E-state index contributed by atoms with van der Waals surface area (Å²) < 4.78 is 37.0. The van der Waals surface area contributed by atoms with Crippen LogP contribution in [0.5, 0.6) is 0 Å². The normalized spacial score (nSPS) is 27.1. The molecule has 3 heterocycles. The summed E-state index contributed by atoms with van der Waals surface area (Å²) in [4.78, 5) is 56.4. The molecule has 9 nitrogen and oxygen atoms in total. The van der Waals surface area contributed by atoms with E-state index in [0.29, 0.717) is 18.3 Å². The number of aliphatic carboxylic acids is 1. The van der Waals surface area contributed by atoms with E-state index in [1.807, 2.05) is 41.5 Å². The molecule has 1 aromatic rings. The van der Waals surface area contributed by atoms with E-state index in [4.69, 9.17) is 14.6 Å². The standard InChI is InChI=1S/C20H23N3O4S.C2HF3O2/c1-4-22-16(24)14-13-11-21-19(28-3)23(13)20(18(26)27-2,15(14)17(22)25)10-12-8-6-5-7-9-12;3-2(4,5)1(6)7/h5-9,13-15H,4,10-11H2,1-3H3;(H,6,7)/t13-,14+,15-,20-;/m1./s1. The number of imide groups is 1. The molecular formula is C22H24F3N3O6S. The molecule has 3 aliphatic heterocycles. The van der Waals surface area contributed by atoms with Gasteiger partial charge in [-0.1, -0.05) is 42.1 Å². The molecular weight excluding hydrogens is 491 g/mol.